The van der Waals surface area contributed by atoms with Crippen LogP contribution in [0.4, 0.5) is 0 Å². The van der Waals surface area contributed by atoms with Crippen molar-refractivity contribution in [1.82, 2.24) is 4.98 Å². The minimum absolute atomic E-state index is 0.0845. The van der Waals surface area contributed by atoms with E-state index in [9.17, 15) is 10.1 Å². The number of carbonyl (C=O) groups is 1. The number of rotatable bonds is 12. The highest BCUT2D eigenvalue weighted by Gasteiger charge is 2.43. The Balaban J connectivity index is 1.90. The van der Waals surface area contributed by atoms with E-state index in [1.54, 1.807) is 6.92 Å². The monoisotopic (exact) mass is 492 g/mol. The molecule has 0 fully saturated rings. The van der Waals surface area contributed by atoms with Crippen LogP contribution in [0.5, 0.6) is 0 Å². The molecule has 1 unspecified atom stereocenters. The highest BCUT2D eigenvalue weighted by Crippen LogP contribution is 2.46. The molecule has 1 aromatic heterocycles. The summed E-state index contributed by atoms with van der Waals surface area (Å²) in [4.78, 5) is 17.4. The first kappa shape index (κ1) is 26.8. The third-order valence-electron chi connectivity index (χ3n) is 7.93. The fourth-order valence-corrected chi connectivity index (χ4v) is 5.87. The van der Waals surface area contributed by atoms with Gasteiger partial charge in [0, 0.05) is 11.3 Å². The van der Waals surface area contributed by atoms with Crippen molar-refractivity contribution in [3.63, 3.8) is 0 Å². The molecule has 0 N–H and O–H groups in total. The molecule has 1 aliphatic carbocycles. The second-order valence-corrected chi connectivity index (χ2v) is 10.6. The Labute approximate surface area is 223 Å². The first-order chi connectivity index (χ1) is 18.0. The standard InChI is InChI=1S/C34H40N2O/c1-4-6-9-15-29-31(16-10-7-5-2)36-33-30(32(29)28-19-17-27(18-20-28)25(3)37)21-22-34(33,24-35)23-26-13-11-8-12-14-26/h8,11-14,17-20H,4-7,9-10,15-16,21-23H2,1-3H3. The molecule has 3 nitrogen and oxygen atoms in total. The third kappa shape index (κ3) is 5.85. The van der Waals surface area contributed by atoms with E-state index in [1.807, 2.05) is 18.2 Å². The fourth-order valence-electron chi connectivity index (χ4n) is 5.87. The van der Waals surface area contributed by atoms with Crippen molar-refractivity contribution in [2.75, 3.05) is 0 Å². The van der Waals surface area contributed by atoms with Crippen molar-refractivity contribution in [3.05, 3.63) is 88.2 Å². The lowest BCUT2D eigenvalue weighted by atomic mass is 9.79. The number of pyridine rings is 1. The molecule has 0 saturated heterocycles. The topological polar surface area (TPSA) is 53.8 Å². The molecule has 4 rings (SSSR count). The minimum Gasteiger partial charge on any atom is -0.295 e. The van der Waals surface area contributed by atoms with Crippen LogP contribution < -0.4 is 0 Å². The van der Waals surface area contributed by atoms with Crippen LogP contribution in [0.25, 0.3) is 11.1 Å². The zero-order valence-electron chi connectivity index (χ0n) is 22.8. The van der Waals surface area contributed by atoms with Gasteiger partial charge in [-0.15, -0.1) is 0 Å². The Kier molecular flexibility index (Phi) is 8.93. The van der Waals surface area contributed by atoms with Crippen molar-refractivity contribution in [3.8, 4) is 17.2 Å². The van der Waals surface area contributed by atoms with E-state index >= 15 is 0 Å². The van der Waals surface area contributed by atoms with E-state index < -0.39 is 5.41 Å². The number of fused-ring (bicyclic) bond motifs is 1. The van der Waals surface area contributed by atoms with Gasteiger partial charge in [0.2, 0.25) is 0 Å². The summed E-state index contributed by atoms with van der Waals surface area (Å²) >= 11 is 0. The van der Waals surface area contributed by atoms with Gasteiger partial charge in [-0.2, -0.15) is 5.26 Å². The van der Waals surface area contributed by atoms with Gasteiger partial charge in [-0.3, -0.25) is 9.78 Å². The van der Waals surface area contributed by atoms with Gasteiger partial charge >= 0.3 is 0 Å². The number of aryl methyl sites for hydroxylation is 1. The summed E-state index contributed by atoms with van der Waals surface area (Å²) in [7, 11) is 0. The molecule has 0 amide bonds. The number of nitrogens with zero attached hydrogens (tertiary/aromatic N) is 2. The van der Waals surface area contributed by atoms with Gasteiger partial charge in [0.1, 0.15) is 5.41 Å². The molecule has 1 aliphatic rings. The van der Waals surface area contributed by atoms with E-state index in [0.717, 1.165) is 55.3 Å². The maximum absolute atomic E-state index is 12.0. The molecule has 0 bridgehead atoms. The van der Waals surface area contributed by atoms with Gasteiger partial charge < -0.3 is 0 Å². The maximum atomic E-state index is 12.0. The van der Waals surface area contributed by atoms with Gasteiger partial charge in [0.15, 0.2) is 5.78 Å². The summed E-state index contributed by atoms with van der Waals surface area (Å²) in [5.41, 5.74) is 8.55. The number of ketones is 1. The molecule has 1 atom stereocenters. The van der Waals surface area contributed by atoms with Gasteiger partial charge in [0.05, 0.1) is 11.8 Å². The summed E-state index contributed by atoms with van der Waals surface area (Å²) in [6, 6.07) is 21.2. The number of unbranched alkanes of at least 4 members (excludes halogenated alkanes) is 4. The second-order valence-electron chi connectivity index (χ2n) is 10.6. The van der Waals surface area contributed by atoms with Crippen molar-refractivity contribution in [2.24, 2.45) is 0 Å². The largest absolute Gasteiger partial charge is 0.295 e. The normalized spacial score (nSPS) is 16.4. The van der Waals surface area contributed by atoms with E-state index in [0.29, 0.717) is 6.42 Å². The minimum atomic E-state index is -0.605. The predicted octanol–water partition coefficient (Wildman–Crippen LogP) is 8.37. The fraction of sp³-hybridized carbons (Fsp3) is 0.441. The quantitative estimate of drug-likeness (QED) is 0.188. The summed E-state index contributed by atoms with van der Waals surface area (Å²) < 4.78 is 0. The Morgan fingerprint density at radius 3 is 2.24 bits per heavy atom. The average molecular weight is 493 g/mol. The van der Waals surface area contributed by atoms with Gasteiger partial charge in [-0.05, 0) is 79.7 Å². The molecule has 2 aromatic carbocycles. The van der Waals surface area contributed by atoms with E-state index in [4.69, 9.17) is 4.98 Å². The van der Waals surface area contributed by atoms with E-state index in [-0.39, 0.29) is 5.78 Å². The van der Waals surface area contributed by atoms with Crippen LogP contribution in [0.1, 0.15) is 104 Å². The van der Waals surface area contributed by atoms with Gasteiger partial charge in [0.25, 0.3) is 0 Å². The lowest BCUT2D eigenvalue weighted by Gasteiger charge is -2.25. The molecule has 1 heterocycles. The maximum Gasteiger partial charge on any atom is 0.159 e. The van der Waals surface area contributed by atoms with E-state index in [2.05, 4.69) is 56.3 Å². The number of carbonyl (C=O) groups excluding carboxylic acids is 1. The number of aromatic nitrogens is 1. The number of hydrogen-bond acceptors (Lipinski definition) is 3. The van der Waals surface area contributed by atoms with Crippen LogP contribution in [-0.4, -0.2) is 10.8 Å². The van der Waals surface area contributed by atoms with Crippen LogP contribution in [-0.2, 0) is 31.1 Å². The molecule has 37 heavy (non-hydrogen) atoms. The lowest BCUT2D eigenvalue weighted by Crippen LogP contribution is -2.26. The van der Waals surface area contributed by atoms with Crippen molar-refractivity contribution < 1.29 is 4.79 Å². The Hall–Kier alpha value is -3.25. The first-order valence-electron chi connectivity index (χ1n) is 14.1. The molecule has 3 aromatic rings. The zero-order chi connectivity index (χ0) is 26.3. The highest BCUT2D eigenvalue weighted by atomic mass is 16.1. The van der Waals surface area contributed by atoms with Crippen LogP contribution in [0, 0.1) is 11.3 Å². The summed E-state index contributed by atoms with van der Waals surface area (Å²) in [5.74, 6) is 0.0845. The Bertz CT molecular complexity index is 1250. The number of benzene rings is 2. The Morgan fingerprint density at radius 2 is 1.62 bits per heavy atom. The van der Waals surface area contributed by atoms with Crippen molar-refractivity contribution >= 4 is 5.78 Å². The molecule has 192 valence electrons. The summed E-state index contributed by atoms with van der Waals surface area (Å²) in [6.07, 6.45) is 11.3. The van der Waals surface area contributed by atoms with Gasteiger partial charge in [-0.1, -0.05) is 94.1 Å². The summed E-state index contributed by atoms with van der Waals surface area (Å²) in [6.45, 7) is 6.10. The SMILES string of the molecule is CCCCCc1nc2c(c(-c3ccc(C(C)=O)cc3)c1CCCCC)CCC2(C#N)Cc1ccccc1. The predicted molar refractivity (Wildman–Crippen MR) is 152 cm³/mol. The molecular formula is C34H40N2O. The van der Waals surface area contributed by atoms with Crippen LogP contribution >= 0.6 is 0 Å². The molecular weight excluding hydrogens is 452 g/mol. The van der Waals surface area contributed by atoms with Crippen LogP contribution in [0.2, 0.25) is 0 Å². The van der Waals surface area contributed by atoms with Gasteiger partial charge in [-0.25, -0.2) is 0 Å². The molecule has 3 heteroatoms. The molecule has 0 radical (unpaired) electrons. The number of hydrogen-bond donors (Lipinski definition) is 0. The van der Waals surface area contributed by atoms with Crippen molar-refractivity contribution in [1.29, 1.82) is 5.26 Å². The third-order valence-corrected chi connectivity index (χ3v) is 7.93. The summed E-state index contributed by atoms with van der Waals surface area (Å²) in [5, 5.41) is 10.6. The lowest BCUT2D eigenvalue weighted by molar-refractivity contribution is 0.101. The van der Waals surface area contributed by atoms with E-state index in [1.165, 1.54) is 53.6 Å². The zero-order valence-corrected chi connectivity index (χ0v) is 22.8. The second kappa shape index (κ2) is 12.3. The molecule has 0 saturated carbocycles. The first-order valence-corrected chi connectivity index (χ1v) is 14.1. The van der Waals surface area contributed by atoms with Crippen LogP contribution in [0.3, 0.4) is 0 Å². The highest BCUT2D eigenvalue weighted by molar-refractivity contribution is 5.94. The van der Waals surface area contributed by atoms with Crippen molar-refractivity contribution in [2.45, 2.75) is 96.8 Å². The Morgan fingerprint density at radius 1 is 0.946 bits per heavy atom. The number of Topliss-reactive ketones (excluding diaryl/α,β-unsaturated/α-hetero) is 1. The smallest absolute Gasteiger partial charge is 0.159 e. The van der Waals surface area contributed by atoms with Crippen LogP contribution in [0.15, 0.2) is 54.6 Å². The average Bonchev–Trinajstić information content (AvgIpc) is 3.27. The molecule has 0 spiro atoms. The number of nitriles is 1. The molecule has 0 aliphatic heterocycles.